The highest BCUT2D eigenvalue weighted by Crippen LogP contribution is 2.26. The number of hydrogen-bond acceptors (Lipinski definition) is 6. The van der Waals surface area contributed by atoms with Gasteiger partial charge in [0.15, 0.2) is 5.13 Å². The van der Waals surface area contributed by atoms with Crippen LogP contribution in [0.1, 0.15) is 10.6 Å². The Morgan fingerprint density at radius 1 is 1.05 bits per heavy atom. The first-order chi connectivity index (χ1) is 9.63. The lowest BCUT2D eigenvalue weighted by Crippen LogP contribution is -2.47. The van der Waals surface area contributed by atoms with Crippen LogP contribution in [-0.2, 0) is 0 Å². The van der Waals surface area contributed by atoms with E-state index in [0.29, 0.717) is 0 Å². The van der Waals surface area contributed by atoms with Gasteiger partial charge in [-0.25, -0.2) is 15.0 Å². The van der Waals surface area contributed by atoms with E-state index in [1.807, 2.05) is 0 Å². The summed E-state index contributed by atoms with van der Waals surface area (Å²) in [5.74, 6) is 0.805. The van der Waals surface area contributed by atoms with E-state index in [1.54, 1.807) is 23.7 Å². The lowest BCUT2D eigenvalue weighted by molar-refractivity contribution is 0.638. The number of hydrogen-bond donors (Lipinski definition) is 0. The molecule has 0 unspecified atom stereocenters. The molecule has 106 valence electrons. The van der Waals surface area contributed by atoms with E-state index in [9.17, 15) is 0 Å². The fraction of sp³-hybridized carbons (Fsp3) is 0.462. The van der Waals surface area contributed by atoms with Crippen molar-refractivity contribution in [2.45, 2.75) is 13.8 Å². The maximum Gasteiger partial charge on any atom is 0.225 e. The van der Waals surface area contributed by atoms with Gasteiger partial charge in [0, 0.05) is 43.4 Å². The van der Waals surface area contributed by atoms with Crippen LogP contribution in [0.5, 0.6) is 0 Å². The monoisotopic (exact) mass is 353 g/mol. The number of aryl methyl sites for hydroxylation is 2. The largest absolute Gasteiger partial charge is 0.345 e. The van der Waals surface area contributed by atoms with E-state index in [1.165, 1.54) is 4.88 Å². The van der Waals surface area contributed by atoms with Crippen molar-refractivity contribution in [2.24, 2.45) is 0 Å². The molecular weight excluding hydrogens is 338 g/mol. The third kappa shape index (κ3) is 2.78. The average Bonchev–Trinajstić information content (AvgIpc) is 2.80. The van der Waals surface area contributed by atoms with Crippen LogP contribution in [0, 0.1) is 13.8 Å². The fourth-order valence-corrected chi connectivity index (χ4v) is 3.32. The Bertz CT molecular complexity index is 570. The smallest absolute Gasteiger partial charge is 0.225 e. The molecule has 1 fully saturated rings. The Labute approximate surface area is 130 Å². The summed E-state index contributed by atoms with van der Waals surface area (Å²) in [6, 6.07) is 0. The highest BCUT2D eigenvalue weighted by molar-refractivity contribution is 9.10. The molecule has 0 aromatic carbocycles. The summed E-state index contributed by atoms with van der Waals surface area (Å²) in [5, 5.41) is 1.14. The average molecular weight is 354 g/mol. The zero-order chi connectivity index (χ0) is 14.1. The Hall–Kier alpha value is -1.21. The van der Waals surface area contributed by atoms with Crippen LogP contribution in [0.25, 0.3) is 0 Å². The molecule has 1 aliphatic rings. The van der Waals surface area contributed by atoms with Gasteiger partial charge in [-0.05, 0) is 29.8 Å². The molecule has 5 nitrogen and oxygen atoms in total. The first-order valence-corrected chi connectivity index (χ1v) is 8.16. The maximum absolute atomic E-state index is 4.63. The van der Waals surface area contributed by atoms with Crippen molar-refractivity contribution in [3.8, 4) is 0 Å². The number of nitrogens with zero attached hydrogens (tertiary/aromatic N) is 5. The summed E-state index contributed by atoms with van der Waals surface area (Å²) in [5.41, 5.74) is 1.14. The van der Waals surface area contributed by atoms with Crippen molar-refractivity contribution < 1.29 is 0 Å². The highest BCUT2D eigenvalue weighted by atomic mass is 79.9. The van der Waals surface area contributed by atoms with E-state index in [-0.39, 0.29) is 0 Å². The SMILES string of the molecule is Cc1nc(N2CCN(c3ncc(Br)cn3)CC2)sc1C. The minimum absolute atomic E-state index is 0.805. The first-order valence-electron chi connectivity index (χ1n) is 6.55. The van der Waals surface area contributed by atoms with Crippen LogP contribution < -0.4 is 9.80 Å². The molecule has 0 radical (unpaired) electrons. The number of thiazole rings is 1. The van der Waals surface area contributed by atoms with Crippen LogP contribution >= 0.6 is 27.3 Å². The van der Waals surface area contributed by atoms with Crippen molar-refractivity contribution in [1.82, 2.24) is 15.0 Å². The molecule has 0 atom stereocenters. The summed E-state index contributed by atoms with van der Waals surface area (Å²) >= 11 is 5.14. The molecule has 7 heteroatoms. The molecule has 3 heterocycles. The first kappa shape index (κ1) is 13.8. The van der Waals surface area contributed by atoms with Crippen molar-refractivity contribution in [2.75, 3.05) is 36.0 Å². The molecule has 1 aliphatic heterocycles. The molecule has 0 bridgehead atoms. The van der Waals surface area contributed by atoms with Crippen molar-refractivity contribution in [3.63, 3.8) is 0 Å². The molecule has 0 amide bonds. The van der Waals surface area contributed by atoms with E-state index < -0.39 is 0 Å². The van der Waals surface area contributed by atoms with Crippen molar-refractivity contribution in [3.05, 3.63) is 27.4 Å². The molecule has 1 saturated heterocycles. The van der Waals surface area contributed by atoms with E-state index in [4.69, 9.17) is 0 Å². The Morgan fingerprint density at radius 2 is 1.65 bits per heavy atom. The molecular formula is C13H16BrN5S. The second-order valence-electron chi connectivity index (χ2n) is 4.81. The number of rotatable bonds is 2. The molecule has 0 spiro atoms. The quantitative estimate of drug-likeness (QED) is 0.830. The van der Waals surface area contributed by atoms with Gasteiger partial charge in [-0.15, -0.1) is 11.3 Å². The van der Waals surface area contributed by atoms with E-state index >= 15 is 0 Å². The molecule has 20 heavy (non-hydrogen) atoms. The summed E-state index contributed by atoms with van der Waals surface area (Å²) in [4.78, 5) is 19.2. The van der Waals surface area contributed by atoms with Gasteiger partial charge in [-0.3, -0.25) is 0 Å². The third-order valence-corrected chi connectivity index (χ3v) is 5.00. The summed E-state index contributed by atoms with van der Waals surface area (Å²) in [6.45, 7) is 7.99. The number of piperazine rings is 1. The molecule has 0 N–H and O–H groups in total. The second-order valence-corrected chi connectivity index (χ2v) is 6.91. The fourth-order valence-electron chi connectivity index (χ4n) is 2.16. The minimum Gasteiger partial charge on any atom is -0.345 e. The Kier molecular flexibility index (Phi) is 3.89. The topological polar surface area (TPSA) is 45.2 Å². The number of aromatic nitrogens is 3. The number of anilines is 2. The normalized spacial score (nSPS) is 15.8. The standard InChI is InChI=1S/C13H16BrN5S/c1-9-10(2)20-13(17-9)19-5-3-18(4-6-19)12-15-7-11(14)8-16-12/h7-8H,3-6H2,1-2H3. The Morgan fingerprint density at radius 3 is 2.20 bits per heavy atom. The predicted molar refractivity (Wildman–Crippen MR) is 85.7 cm³/mol. The van der Waals surface area contributed by atoms with Gasteiger partial charge in [-0.1, -0.05) is 0 Å². The molecule has 3 rings (SSSR count). The summed E-state index contributed by atoms with van der Waals surface area (Å²) in [6.07, 6.45) is 3.59. The molecule has 2 aromatic heterocycles. The van der Waals surface area contributed by atoms with Crippen LogP contribution in [0.4, 0.5) is 11.1 Å². The number of halogens is 1. The third-order valence-electron chi connectivity index (χ3n) is 3.46. The Balaban J connectivity index is 1.66. The van der Waals surface area contributed by atoms with Crippen LogP contribution in [0.15, 0.2) is 16.9 Å². The molecule has 0 saturated carbocycles. The minimum atomic E-state index is 0.805. The van der Waals surface area contributed by atoms with Crippen LogP contribution in [0.3, 0.4) is 0 Å². The van der Waals surface area contributed by atoms with Gasteiger partial charge in [0.25, 0.3) is 0 Å². The summed E-state index contributed by atoms with van der Waals surface area (Å²) < 4.78 is 0.911. The zero-order valence-electron chi connectivity index (χ0n) is 11.5. The lowest BCUT2D eigenvalue weighted by atomic mass is 10.3. The van der Waals surface area contributed by atoms with Crippen molar-refractivity contribution in [1.29, 1.82) is 0 Å². The van der Waals surface area contributed by atoms with E-state index in [0.717, 1.165) is 47.4 Å². The highest BCUT2D eigenvalue weighted by Gasteiger charge is 2.21. The van der Waals surface area contributed by atoms with E-state index in [2.05, 4.69) is 54.5 Å². The lowest BCUT2D eigenvalue weighted by Gasteiger charge is -2.34. The molecule has 0 aliphatic carbocycles. The van der Waals surface area contributed by atoms with Crippen molar-refractivity contribution >= 4 is 38.3 Å². The predicted octanol–water partition coefficient (Wildman–Crippen LogP) is 2.64. The second kappa shape index (κ2) is 5.65. The molecule has 2 aromatic rings. The van der Waals surface area contributed by atoms with Gasteiger partial charge in [0.1, 0.15) is 0 Å². The van der Waals surface area contributed by atoms with Gasteiger partial charge in [-0.2, -0.15) is 0 Å². The van der Waals surface area contributed by atoms with Crippen LogP contribution in [-0.4, -0.2) is 41.1 Å². The van der Waals surface area contributed by atoms with Gasteiger partial charge in [0.05, 0.1) is 10.2 Å². The van der Waals surface area contributed by atoms with Gasteiger partial charge in [0.2, 0.25) is 5.95 Å². The van der Waals surface area contributed by atoms with Gasteiger partial charge < -0.3 is 9.80 Å². The maximum atomic E-state index is 4.63. The summed E-state index contributed by atoms with van der Waals surface area (Å²) in [7, 11) is 0. The van der Waals surface area contributed by atoms with Gasteiger partial charge >= 0.3 is 0 Å². The van der Waals surface area contributed by atoms with Crippen LogP contribution in [0.2, 0.25) is 0 Å². The zero-order valence-corrected chi connectivity index (χ0v) is 13.9.